The van der Waals surface area contributed by atoms with E-state index in [0.717, 1.165) is 50.6 Å². The second-order valence-corrected chi connectivity index (χ2v) is 8.66. The Bertz CT molecular complexity index is 1020. The fourth-order valence-electron chi connectivity index (χ4n) is 4.49. The van der Waals surface area contributed by atoms with Crippen molar-refractivity contribution in [1.29, 1.82) is 0 Å². The quantitative estimate of drug-likeness (QED) is 0.626. The van der Waals surface area contributed by atoms with Crippen molar-refractivity contribution in [2.45, 2.75) is 33.2 Å². The van der Waals surface area contributed by atoms with Crippen LogP contribution in [0.4, 0.5) is 11.5 Å². The molecule has 0 unspecified atom stereocenters. The van der Waals surface area contributed by atoms with E-state index in [0.29, 0.717) is 18.3 Å². The maximum absolute atomic E-state index is 5.54. The predicted octanol–water partition coefficient (Wildman–Crippen LogP) is 3.67. The van der Waals surface area contributed by atoms with Crippen LogP contribution >= 0.6 is 0 Å². The average molecular weight is 419 g/mol. The first-order chi connectivity index (χ1) is 15.2. The highest BCUT2D eigenvalue weighted by molar-refractivity contribution is 5.56. The van der Waals surface area contributed by atoms with E-state index >= 15 is 0 Å². The summed E-state index contributed by atoms with van der Waals surface area (Å²) in [5.74, 6) is 2.31. The van der Waals surface area contributed by atoms with Crippen LogP contribution in [0, 0.1) is 13.8 Å². The van der Waals surface area contributed by atoms with Crippen molar-refractivity contribution in [3.63, 3.8) is 0 Å². The standard InChI is InChI=1S/C24H30N6O/c1-18-5-6-19(2)21(15-18)29-13-11-28(12-14-29)17-23-26-24(27-31-23)20-7-8-22(25-16-20)30-9-3-4-10-30/h5-8,15-16H,3-4,9-14,17H2,1-2H3. The summed E-state index contributed by atoms with van der Waals surface area (Å²) in [6, 6.07) is 10.8. The molecule has 2 saturated heterocycles. The molecule has 2 fully saturated rings. The van der Waals surface area contributed by atoms with Crippen LogP contribution in [0.2, 0.25) is 0 Å². The van der Waals surface area contributed by atoms with Crippen LogP contribution < -0.4 is 9.80 Å². The maximum Gasteiger partial charge on any atom is 0.241 e. The third-order valence-corrected chi connectivity index (χ3v) is 6.34. The van der Waals surface area contributed by atoms with E-state index in [1.54, 1.807) is 0 Å². The van der Waals surface area contributed by atoms with Gasteiger partial charge in [-0.25, -0.2) is 4.98 Å². The Morgan fingerprint density at radius 3 is 2.45 bits per heavy atom. The minimum Gasteiger partial charge on any atom is -0.369 e. The van der Waals surface area contributed by atoms with Crippen molar-refractivity contribution < 1.29 is 4.52 Å². The summed E-state index contributed by atoms with van der Waals surface area (Å²) in [4.78, 5) is 16.4. The van der Waals surface area contributed by atoms with Gasteiger partial charge >= 0.3 is 0 Å². The van der Waals surface area contributed by atoms with E-state index in [1.807, 2.05) is 12.3 Å². The van der Waals surface area contributed by atoms with Gasteiger partial charge in [0, 0.05) is 56.7 Å². The van der Waals surface area contributed by atoms with Gasteiger partial charge in [-0.1, -0.05) is 17.3 Å². The summed E-state index contributed by atoms with van der Waals surface area (Å²) in [6.07, 6.45) is 4.35. The Labute approximate surface area is 183 Å². The first-order valence-electron chi connectivity index (χ1n) is 11.2. The topological polar surface area (TPSA) is 61.5 Å². The van der Waals surface area contributed by atoms with E-state index in [-0.39, 0.29) is 0 Å². The third-order valence-electron chi connectivity index (χ3n) is 6.34. The van der Waals surface area contributed by atoms with Crippen LogP contribution in [0.15, 0.2) is 41.1 Å². The van der Waals surface area contributed by atoms with Gasteiger partial charge in [0.25, 0.3) is 0 Å². The molecule has 0 saturated carbocycles. The van der Waals surface area contributed by atoms with E-state index in [1.165, 1.54) is 29.7 Å². The van der Waals surface area contributed by atoms with E-state index < -0.39 is 0 Å². The van der Waals surface area contributed by atoms with Crippen LogP contribution in [-0.2, 0) is 6.54 Å². The van der Waals surface area contributed by atoms with Crippen molar-refractivity contribution in [3.05, 3.63) is 53.5 Å². The molecule has 3 aromatic rings. The summed E-state index contributed by atoms with van der Waals surface area (Å²) in [5, 5.41) is 4.19. The van der Waals surface area contributed by atoms with Gasteiger partial charge in [-0.3, -0.25) is 4.90 Å². The van der Waals surface area contributed by atoms with Crippen LogP contribution in [0.1, 0.15) is 29.9 Å². The van der Waals surface area contributed by atoms with Crippen LogP contribution in [0.25, 0.3) is 11.4 Å². The molecule has 2 aliphatic rings. The largest absolute Gasteiger partial charge is 0.369 e. The average Bonchev–Trinajstić information content (AvgIpc) is 3.49. The molecular weight excluding hydrogens is 388 g/mol. The van der Waals surface area contributed by atoms with Crippen molar-refractivity contribution in [2.75, 3.05) is 49.1 Å². The number of hydrogen-bond acceptors (Lipinski definition) is 7. The minimum absolute atomic E-state index is 0.615. The molecule has 5 rings (SSSR count). The van der Waals surface area contributed by atoms with Crippen molar-refractivity contribution in [2.24, 2.45) is 0 Å². The molecule has 0 N–H and O–H groups in total. The summed E-state index contributed by atoms with van der Waals surface area (Å²) < 4.78 is 5.54. The van der Waals surface area contributed by atoms with Crippen LogP contribution in [0.3, 0.4) is 0 Å². The zero-order chi connectivity index (χ0) is 21.2. The molecule has 0 radical (unpaired) electrons. The van der Waals surface area contributed by atoms with Crippen molar-refractivity contribution >= 4 is 11.5 Å². The molecule has 0 bridgehead atoms. The Balaban J connectivity index is 1.18. The lowest BCUT2D eigenvalue weighted by Gasteiger charge is -2.36. The maximum atomic E-state index is 5.54. The number of hydrogen-bond donors (Lipinski definition) is 0. The molecule has 31 heavy (non-hydrogen) atoms. The lowest BCUT2D eigenvalue weighted by atomic mass is 10.1. The molecule has 0 atom stereocenters. The van der Waals surface area contributed by atoms with Crippen LogP contribution in [-0.4, -0.2) is 59.3 Å². The second kappa shape index (κ2) is 8.67. The third kappa shape index (κ3) is 4.42. The van der Waals surface area contributed by atoms with Gasteiger partial charge < -0.3 is 14.3 Å². The van der Waals surface area contributed by atoms with Crippen molar-refractivity contribution in [3.8, 4) is 11.4 Å². The molecule has 2 aromatic heterocycles. The van der Waals surface area contributed by atoms with Crippen molar-refractivity contribution in [1.82, 2.24) is 20.0 Å². The lowest BCUT2D eigenvalue weighted by Crippen LogP contribution is -2.46. The number of pyridine rings is 1. The molecule has 162 valence electrons. The molecule has 0 aliphatic carbocycles. The molecule has 0 amide bonds. The Kier molecular flexibility index (Phi) is 5.59. The fourth-order valence-corrected chi connectivity index (χ4v) is 4.49. The lowest BCUT2D eigenvalue weighted by molar-refractivity contribution is 0.215. The highest BCUT2D eigenvalue weighted by Gasteiger charge is 2.21. The molecule has 7 nitrogen and oxygen atoms in total. The SMILES string of the molecule is Cc1ccc(C)c(N2CCN(Cc3nc(-c4ccc(N5CCCC5)nc4)no3)CC2)c1. The predicted molar refractivity (Wildman–Crippen MR) is 122 cm³/mol. The molecule has 0 spiro atoms. The normalized spacial score (nSPS) is 17.5. The first kappa shape index (κ1) is 20.0. The molecule has 7 heteroatoms. The van der Waals surface area contributed by atoms with Gasteiger partial charge in [0.2, 0.25) is 11.7 Å². The van der Waals surface area contributed by atoms with Gasteiger partial charge in [-0.15, -0.1) is 0 Å². The smallest absolute Gasteiger partial charge is 0.241 e. The van der Waals surface area contributed by atoms with Gasteiger partial charge in [0.15, 0.2) is 0 Å². The molecule has 2 aliphatic heterocycles. The van der Waals surface area contributed by atoms with E-state index in [9.17, 15) is 0 Å². The first-order valence-corrected chi connectivity index (χ1v) is 11.2. The van der Waals surface area contributed by atoms with E-state index in [4.69, 9.17) is 4.52 Å². The number of aromatic nitrogens is 3. The Morgan fingerprint density at radius 1 is 0.903 bits per heavy atom. The summed E-state index contributed by atoms with van der Waals surface area (Å²) in [6.45, 7) is 11.2. The highest BCUT2D eigenvalue weighted by atomic mass is 16.5. The van der Waals surface area contributed by atoms with E-state index in [2.05, 4.69) is 67.9 Å². The number of rotatable bonds is 5. The summed E-state index contributed by atoms with van der Waals surface area (Å²) in [7, 11) is 0. The fraction of sp³-hybridized carbons (Fsp3) is 0.458. The summed E-state index contributed by atoms with van der Waals surface area (Å²) in [5.41, 5.74) is 4.90. The highest BCUT2D eigenvalue weighted by Crippen LogP contribution is 2.24. The Morgan fingerprint density at radius 2 is 1.71 bits per heavy atom. The zero-order valence-corrected chi connectivity index (χ0v) is 18.4. The minimum atomic E-state index is 0.615. The molecular formula is C24H30N6O. The zero-order valence-electron chi connectivity index (χ0n) is 18.4. The van der Waals surface area contributed by atoms with Gasteiger partial charge in [-0.2, -0.15) is 4.98 Å². The van der Waals surface area contributed by atoms with Gasteiger partial charge in [0.1, 0.15) is 5.82 Å². The second-order valence-electron chi connectivity index (χ2n) is 8.66. The number of aryl methyl sites for hydroxylation is 2. The number of benzene rings is 1. The number of anilines is 2. The Hall–Kier alpha value is -2.93. The number of nitrogens with zero attached hydrogens (tertiary/aromatic N) is 6. The monoisotopic (exact) mass is 418 g/mol. The van der Waals surface area contributed by atoms with Crippen LogP contribution in [0.5, 0.6) is 0 Å². The molecule has 4 heterocycles. The van der Waals surface area contributed by atoms with Gasteiger partial charge in [0.05, 0.1) is 6.54 Å². The molecule has 1 aromatic carbocycles. The number of piperazine rings is 1. The summed E-state index contributed by atoms with van der Waals surface area (Å²) >= 11 is 0. The van der Waals surface area contributed by atoms with Gasteiger partial charge in [-0.05, 0) is 56.0 Å².